The Labute approximate surface area is 198 Å². The Kier molecular flexibility index (Phi) is 7.76. The third-order valence-electron chi connectivity index (χ3n) is 5.33. The number of amides is 1. The average molecular weight is 475 g/mol. The van der Waals surface area contributed by atoms with Crippen LogP contribution in [-0.2, 0) is 9.59 Å². The van der Waals surface area contributed by atoms with Crippen molar-refractivity contribution in [1.29, 1.82) is 0 Å². The van der Waals surface area contributed by atoms with Gasteiger partial charge in [-0.1, -0.05) is 35.6 Å². The van der Waals surface area contributed by atoms with Crippen molar-refractivity contribution in [2.45, 2.75) is 32.4 Å². The predicted molar refractivity (Wildman–Crippen MR) is 122 cm³/mol. The Hall–Kier alpha value is -2.90. The normalized spacial score (nSPS) is 17.9. The van der Waals surface area contributed by atoms with Gasteiger partial charge in [0.25, 0.3) is 5.91 Å². The molecular formula is C25H28ClFN2O4. The minimum absolute atomic E-state index is 0.0135. The molecule has 0 aromatic heterocycles. The second-order valence-electron chi connectivity index (χ2n) is 8.65. The lowest BCUT2D eigenvalue weighted by molar-refractivity contribution is -0.858. The first-order valence-corrected chi connectivity index (χ1v) is 11.3. The predicted octanol–water partition coefficient (Wildman–Crippen LogP) is 2.02. The van der Waals surface area contributed by atoms with Crippen molar-refractivity contribution >= 4 is 29.1 Å². The number of nitrogens with zero attached hydrogens (tertiary/aromatic N) is 1. The lowest BCUT2D eigenvalue weighted by atomic mass is 9.95. The van der Waals surface area contributed by atoms with Crippen molar-refractivity contribution in [3.63, 3.8) is 0 Å². The summed E-state index contributed by atoms with van der Waals surface area (Å²) in [5, 5.41) is 13.8. The number of halogens is 2. The molecule has 1 heterocycles. The quantitative estimate of drug-likeness (QED) is 0.361. The number of hydrogen-bond donors (Lipinski definition) is 1. The molecule has 1 unspecified atom stereocenters. The van der Waals surface area contributed by atoms with Gasteiger partial charge in [-0.15, -0.1) is 0 Å². The molecule has 8 heteroatoms. The van der Waals surface area contributed by atoms with Gasteiger partial charge in [0.05, 0.1) is 32.8 Å². The molecule has 2 aromatic rings. The summed E-state index contributed by atoms with van der Waals surface area (Å²) in [6.45, 7) is 4.61. The van der Waals surface area contributed by atoms with Crippen molar-refractivity contribution < 1.29 is 28.7 Å². The first kappa shape index (κ1) is 24.7. The van der Waals surface area contributed by atoms with Crippen LogP contribution >= 0.6 is 11.6 Å². The van der Waals surface area contributed by atoms with Gasteiger partial charge in [-0.25, -0.2) is 4.39 Å². The maximum Gasteiger partial charge on any atom is 0.295 e. The Morgan fingerprint density at radius 3 is 2.55 bits per heavy atom. The molecule has 176 valence electrons. The van der Waals surface area contributed by atoms with Crippen LogP contribution < -0.4 is 14.7 Å². The van der Waals surface area contributed by atoms with Crippen molar-refractivity contribution in [3.8, 4) is 5.75 Å². The number of ketones is 1. The summed E-state index contributed by atoms with van der Waals surface area (Å²) in [7, 11) is 3.99. The average Bonchev–Trinajstić information content (AvgIpc) is 2.99. The Balaban J connectivity index is 2.08. The van der Waals surface area contributed by atoms with Crippen LogP contribution in [0, 0.1) is 5.82 Å². The lowest BCUT2D eigenvalue weighted by Gasteiger charge is -2.28. The molecule has 6 nitrogen and oxygen atoms in total. The van der Waals surface area contributed by atoms with E-state index in [4.69, 9.17) is 16.3 Å². The Bertz CT molecular complexity index is 1080. The van der Waals surface area contributed by atoms with Crippen molar-refractivity contribution in [1.82, 2.24) is 4.90 Å². The zero-order valence-electron chi connectivity index (χ0n) is 19.2. The van der Waals surface area contributed by atoms with E-state index in [1.165, 1.54) is 21.9 Å². The number of hydrogen-bond acceptors (Lipinski definition) is 4. The van der Waals surface area contributed by atoms with E-state index >= 15 is 0 Å². The zero-order chi connectivity index (χ0) is 24.3. The van der Waals surface area contributed by atoms with Crippen LogP contribution in [0.3, 0.4) is 0 Å². The van der Waals surface area contributed by atoms with Crippen LogP contribution in [0.2, 0.25) is 5.02 Å². The molecule has 0 bridgehead atoms. The Morgan fingerprint density at radius 1 is 1.21 bits per heavy atom. The van der Waals surface area contributed by atoms with E-state index < -0.39 is 29.3 Å². The van der Waals surface area contributed by atoms with E-state index in [1.54, 1.807) is 38.1 Å². The summed E-state index contributed by atoms with van der Waals surface area (Å²) in [6.07, 6.45) is 0.407. The monoisotopic (exact) mass is 474 g/mol. The van der Waals surface area contributed by atoms with Gasteiger partial charge in [-0.3, -0.25) is 9.59 Å². The van der Waals surface area contributed by atoms with Crippen LogP contribution in [0.4, 0.5) is 4.39 Å². The maximum absolute atomic E-state index is 14.6. The van der Waals surface area contributed by atoms with Crippen molar-refractivity contribution in [3.05, 3.63) is 70.0 Å². The smallest absolute Gasteiger partial charge is 0.295 e. The van der Waals surface area contributed by atoms with E-state index in [9.17, 15) is 19.1 Å². The summed E-state index contributed by atoms with van der Waals surface area (Å²) in [4.78, 5) is 28.5. The molecule has 33 heavy (non-hydrogen) atoms. The minimum atomic E-state index is -0.886. The largest absolute Gasteiger partial charge is 0.872 e. The highest BCUT2D eigenvalue weighted by Gasteiger charge is 2.44. The summed E-state index contributed by atoms with van der Waals surface area (Å²) < 4.78 is 19.9. The fraction of sp³-hybridized carbons (Fsp3) is 0.360. The SMILES string of the molecule is CC(C)Oc1ccc(C([O-])=C2C(=O)C(=O)N(CCC[NH+](C)C)C2c2cccc(Cl)c2)cc1F. The van der Waals surface area contributed by atoms with Gasteiger partial charge >= 0.3 is 0 Å². The lowest BCUT2D eigenvalue weighted by Crippen LogP contribution is -3.05. The molecule has 0 saturated carbocycles. The van der Waals surface area contributed by atoms with Gasteiger partial charge in [-0.2, -0.15) is 0 Å². The van der Waals surface area contributed by atoms with Gasteiger partial charge in [0, 0.05) is 23.6 Å². The molecule has 0 radical (unpaired) electrons. The summed E-state index contributed by atoms with van der Waals surface area (Å²) in [5.41, 5.74) is 0.338. The van der Waals surface area contributed by atoms with Crippen LogP contribution in [0.5, 0.6) is 5.75 Å². The van der Waals surface area contributed by atoms with E-state index in [0.717, 1.165) is 12.6 Å². The molecule has 0 spiro atoms. The molecule has 1 atom stereocenters. The van der Waals surface area contributed by atoms with Crippen LogP contribution in [0.25, 0.3) is 5.76 Å². The van der Waals surface area contributed by atoms with Crippen LogP contribution in [0.1, 0.15) is 37.4 Å². The molecule has 3 rings (SSSR count). The van der Waals surface area contributed by atoms with E-state index in [1.807, 2.05) is 14.1 Å². The van der Waals surface area contributed by atoms with Crippen LogP contribution in [-0.4, -0.2) is 49.9 Å². The molecule has 1 fully saturated rings. The number of benzene rings is 2. The number of nitrogens with one attached hydrogen (secondary N) is 1. The number of carbonyl (C=O) groups excluding carboxylic acids is 2. The van der Waals surface area contributed by atoms with Crippen molar-refractivity contribution in [2.24, 2.45) is 0 Å². The van der Waals surface area contributed by atoms with E-state index in [2.05, 4.69) is 0 Å². The second-order valence-corrected chi connectivity index (χ2v) is 9.09. The highest BCUT2D eigenvalue weighted by atomic mass is 35.5. The fourth-order valence-electron chi connectivity index (χ4n) is 3.87. The third kappa shape index (κ3) is 5.54. The van der Waals surface area contributed by atoms with Crippen LogP contribution in [0.15, 0.2) is 48.0 Å². The van der Waals surface area contributed by atoms with Gasteiger partial charge < -0.3 is 19.6 Å². The number of carbonyl (C=O) groups is 2. The second kappa shape index (κ2) is 10.4. The van der Waals surface area contributed by atoms with Gasteiger partial charge in [-0.05, 0) is 49.2 Å². The molecule has 1 aliphatic heterocycles. The first-order valence-electron chi connectivity index (χ1n) is 10.9. The third-order valence-corrected chi connectivity index (χ3v) is 5.56. The number of likely N-dealkylation sites (tertiary alicyclic amines) is 1. The highest BCUT2D eigenvalue weighted by molar-refractivity contribution is 6.46. The van der Waals surface area contributed by atoms with Gasteiger partial charge in [0.15, 0.2) is 11.6 Å². The minimum Gasteiger partial charge on any atom is -0.872 e. The summed E-state index contributed by atoms with van der Waals surface area (Å²) in [6, 6.07) is 9.65. The number of quaternary nitrogens is 1. The first-order chi connectivity index (χ1) is 15.6. The molecule has 0 aliphatic carbocycles. The number of rotatable bonds is 8. The van der Waals surface area contributed by atoms with Gasteiger partial charge in [0.2, 0.25) is 5.78 Å². The fourth-order valence-corrected chi connectivity index (χ4v) is 4.07. The standard InChI is InChI=1S/C25H28ClFN2O4/c1-15(2)33-20-10-9-17(14-19(20)27)23(30)21-22(16-7-5-8-18(26)13-16)29(25(32)24(21)31)12-6-11-28(3)4/h5,7-10,13-15,22,30H,6,11-12H2,1-4H3. The summed E-state index contributed by atoms with van der Waals surface area (Å²) >= 11 is 6.16. The molecule has 1 amide bonds. The van der Waals surface area contributed by atoms with Crippen molar-refractivity contribution in [2.75, 3.05) is 27.2 Å². The molecule has 1 aliphatic rings. The molecular weight excluding hydrogens is 447 g/mol. The van der Waals surface area contributed by atoms with E-state index in [0.29, 0.717) is 23.6 Å². The van der Waals surface area contributed by atoms with Gasteiger partial charge in [0.1, 0.15) is 0 Å². The zero-order valence-corrected chi connectivity index (χ0v) is 19.9. The number of ether oxygens (including phenoxy) is 1. The Morgan fingerprint density at radius 2 is 1.94 bits per heavy atom. The number of Topliss-reactive ketones (excluding diaryl/α,β-unsaturated/α-hetero) is 1. The summed E-state index contributed by atoms with van der Waals surface area (Å²) in [5.74, 6) is -2.99. The highest BCUT2D eigenvalue weighted by Crippen LogP contribution is 2.39. The maximum atomic E-state index is 14.6. The molecule has 1 saturated heterocycles. The molecule has 1 N–H and O–H groups in total. The van der Waals surface area contributed by atoms with E-state index in [-0.39, 0.29) is 23.0 Å². The molecule has 2 aromatic carbocycles. The topological polar surface area (TPSA) is 74.1 Å².